The molecule has 0 atom stereocenters. The standard InChI is InChI=1S/C10H21N5O4S/c1-3-13-20(16,17)7-5-12-10-15-14-9(19-10)8-11-4-6-18-2/h11,13H,3-8H2,1-2H3,(H,12,15). The maximum absolute atomic E-state index is 11.4. The van der Waals surface area contributed by atoms with Gasteiger partial charge in [-0.15, -0.1) is 5.10 Å². The molecular weight excluding hydrogens is 286 g/mol. The Kier molecular flexibility index (Phi) is 7.44. The van der Waals surface area contributed by atoms with E-state index in [0.717, 1.165) is 0 Å². The number of anilines is 1. The van der Waals surface area contributed by atoms with E-state index in [-0.39, 0.29) is 18.3 Å². The van der Waals surface area contributed by atoms with Crippen molar-refractivity contribution in [1.82, 2.24) is 20.2 Å². The molecule has 0 fully saturated rings. The van der Waals surface area contributed by atoms with E-state index in [0.29, 0.717) is 32.1 Å². The van der Waals surface area contributed by atoms with Crippen LogP contribution >= 0.6 is 0 Å². The monoisotopic (exact) mass is 307 g/mol. The van der Waals surface area contributed by atoms with Crippen LogP contribution in [0.25, 0.3) is 0 Å². The van der Waals surface area contributed by atoms with Gasteiger partial charge in [0.2, 0.25) is 15.9 Å². The van der Waals surface area contributed by atoms with Gasteiger partial charge in [-0.25, -0.2) is 13.1 Å². The molecule has 0 saturated heterocycles. The molecule has 0 amide bonds. The van der Waals surface area contributed by atoms with Gasteiger partial charge < -0.3 is 19.8 Å². The van der Waals surface area contributed by atoms with Crippen molar-refractivity contribution in [3.63, 3.8) is 0 Å². The Hall–Kier alpha value is -1.23. The van der Waals surface area contributed by atoms with Crippen LogP contribution in [-0.2, 0) is 21.3 Å². The zero-order valence-electron chi connectivity index (χ0n) is 11.7. The Morgan fingerprint density at radius 1 is 1.30 bits per heavy atom. The molecule has 1 rings (SSSR count). The largest absolute Gasteiger partial charge is 0.407 e. The van der Waals surface area contributed by atoms with Gasteiger partial charge in [0.1, 0.15) is 0 Å². The normalized spacial score (nSPS) is 11.7. The van der Waals surface area contributed by atoms with Crippen molar-refractivity contribution in [1.29, 1.82) is 0 Å². The molecule has 20 heavy (non-hydrogen) atoms. The van der Waals surface area contributed by atoms with Gasteiger partial charge in [0.15, 0.2) is 0 Å². The number of nitrogens with zero attached hydrogens (tertiary/aromatic N) is 2. The van der Waals surface area contributed by atoms with E-state index in [1.807, 2.05) is 0 Å². The Balaban J connectivity index is 2.26. The summed E-state index contributed by atoms with van der Waals surface area (Å²) in [5, 5.41) is 13.4. The van der Waals surface area contributed by atoms with Crippen molar-refractivity contribution in [2.75, 3.05) is 44.4 Å². The predicted molar refractivity (Wildman–Crippen MR) is 73.8 cm³/mol. The number of rotatable bonds is 11. The highest BCUT2D eigenvalue weighted by atomic mass is 32.2. The summed E-state index contributed by atoms with van der Waals surface area (Å²) < 4.78 is 35.3. The average Bonchev–Trinajstić information content (AvgIpc) is 2.82. The molecule has 0 spiro atoms. The second-order valence-electron chi connectivity index (χ2n) is 3.91. The fourth-order valence-electron chi connectivity index (χ4n) is 1.35. The fourth-order valence-corrected chi connectivity index (χ4v) is 2.31. The average molecular weight is 307 g/mol. The van der Waals surface area contributed by atoms with Crippen LogP contribution in [0.1, 0.15) is 12.8 Å². The van der Waals surface area contributed by atoms with Gasteiger partial charge in [-0.1, -0.05) is 12.0 Å². The molecule has 0 saturated carbocycles. The molecule has 9 nitrogen and oxygen atoms in total. The summed E-state index contributed by atoms with van der Waals surface area (Å²) in [7, 11) is -1.62. The Morgan fingerprint density at radius 2 is 2.10 bits per heavy atom. The minimum absolute atomic E-state index is 0.0510. The number of hydrogen-bond donors (Lipinski definition) is 3. The topological polar surface area (TPSA) is 118 Å². The highest BCUT2D eigenvalue weighted by Gasteiger charge is 2.09. The van der Waals surface area contributed by atoms with Gasteiger partial charge in [0.05, 0.1) is 18.9 Å². The maximum atomic E-state index is 11.4. The van der Waals surface area contributed by atoms with Crippen LogP contribution in [0, 0.1) is 0 Å². The van der Waals surface area contributed by atoms with Crippen molar-refractivity contribution < 1.29 is 17.6 Å². The smallest absolute Gasteiger partial charge is 0.315 e. The molecule has 0 radical (unpaired) electrons. The Morgan fingerprint density at radius 3 is 2.80 bits per heavy atom. The van der Waals surface area contributed by atoms with E-state index < -0.39 is 10.0 Å². The van der Waals surface area contributed by atoms with Crippen LogP contribution in [0.2, 0.25) is 0 Å². The third-order valence-corrected chi connectivity index (χ3v) is 3.71. The zero-order chi connectivity index (χ0) is 14.8. The minimum Gasteiger partial charge on any atom is -0.407 e. The van der Waals surface area contributed by atoms with Gasteiger partial charge in [0.25, 0.3) is 0 Å². The van der Waals surface area contributed by atoms with Gasteiger partial charge in [-0.2, -0.15) is 0 Å². The van der Waals surface area contributed by atoms with Gasteiger partial charge >= 0.3 is 6.01 Å². The number of ether oxygens (including phenoxy) is 1. The van der Waals surface area contributed by atoms with Gasteiger partial charge in [-0.3, -0.25) is 0 Å². The fraction of sp³-hybridized carbons (Fsp3) is 0.800. The molecule has 1 heterocycles. The van der Waals surface area contributed by atoms with Crippen LogP contribution in [0.15, 0.2) is 4.42 Å². The van der Waals surface area contributed by atoms with Crippen LogP contribution in [0.3, 0.4) is 0 Å². The number of nitrogens with one attached hydrogen (secondary N) is 3. The summed E-state index contributed by atoms with van der Waals surface area (Å²) in [4.78, 5) is 0. The lowest BCUT2D eigenvalue weighted by molar-refractivity contribution is 0.198. The first-order valence-corrected chi connectivity index (χ1v) is 7.96. The zero-order valence-corrected chi connectivity index (χ0v) is 12.5. The summed E-state index contributed by atoms with van der Waals surface area (Å²) >= 11 is 0. The number of methoxy groups -OCH3 is 1. The predicted octanol–water partition coefficient (Wildman–Crippen LogP) is -0.843. The second-order valence-corrected chi connectivity index (χ2v) is 5.84. The van der Waals surface area contributed by atoms with Gasteiger partial charge in [-0.05, 0) is 0 Å². The SMILES string of the molecule is CCNS(=O)(=O)CCNc1nnc(CNCCOC)o1. The molecule has 0 aliphatic heterocycles. The van der Waals surface area contributed by atoms with Crippen LogP contribution in [0.4, 0.5) is 6.01 Å². The van der Waals surface area contributed by atoms with Crippen molar-refractivity contribution in [3.05, 3.63) is 5.89 Å². The highest BCUT2D eigenvalue weighted by molar-refractivity contribution is 7.89. The third kappa shape index (κ3) is 6.80. The lowest BCUT2D eigenvalue weighted by Crippen LogP contribution is -2.29. The first kappa shape index (κ1) is 16.8. The molecule has 0 aliphatic carbocycles. The van der Waals surface area contributed by atoms with E-state index in [1.54, 1.807) is 14.0 Å². The first-order valence-electron chi connectivity index (χ1n) is 6.30. The molecule has 1 aromatic heterocycles. The number of sulfonamides is 1. The second kappa shape index (κ2) is 8.84. The van der Waals surface area contributed by atoms with E-state index in [9.17, 15) is 8.42 Å². The highest BCUT2D eigenvalue weighted by Crippen LogP contribution is 2.04. The van der Waals surface area contributed by atoms with E-state index in [1.165, 1.54) is 0 Å². The molecule has 116 valence electrons. The van der Waals surface area contributed by atoms with E-state index >= 15 is 0 Å². The molecule has 0 aromatic carbocycles. The summed E-state index contributed by atoms with van der Waals surface area (Å²) in [6.45, 7) is 4.03. The van der Waals surface area contributed by atoms with E-state index in [4.69, 9.17) is 9.15 Å². The molecule has 0 aliphatic rings. The minimum atomic E-state index is -3.24. The number of aromatic nitrogens is 2. The van der Waals surface area contributed by atoms with Crippen molar-refractivity contribution in [3.8, 4) is 0 Å². The van der Waals surface area contributed by atoms with Gasteiger partial charge in [0, 0.05) is 26.7 Å². The number of hydrogen-bond acceptors (Lipinski definition) is 8. The third-order valence-electron chi connectivity index (χ3n) is 2.24. The van der Waals surface area contributed by atoms with Crippen LogP contribution in [0.5, 0.6) is 0 Å². The first-order chi connectivity index (χ1) is 9.57. The molecule has 0 unspecified atom stereocenters. The molecule has 1 aromatic rings. The molecule has 3 N–H and O–H groups in total. The summed E-state index contributed by atoms with van der Waals surface area (Å²) in [5.74, 6) is 0.378. The van der Waals surface area contributed by atoms with Crippen molar-refractivity contribution in [2.45, 2.75) is 13.5 Å². The molecule has 0 bridgehead atoms. The van der Waals surface area contributed by atoms with Crippen molar-refractivity contribution in [2.24, 2.45) is 0 Å². The molecule has 10 heteroatoms. The lowest BCUT2D eigenvalue weighted by Gasteiger charge is -2.04. The Labute approximate surface area is 118 Å². The summed E-state index contributed by atoms with van der Waals surface area (Å²) in [6, 6.07) is 0.209. The lowest BCUT2D eigenvalue weighted by atomic mass is 10.6. The molecular formula is C10H21N5O4S. The van der Waals surface area contributed by atoms with E-state index in [2.05, 4.69) is 25.6 Å². The Bertz CT molecular complexity index is 476. The summed E-state index contributed by atoms with van der Waals surface area (Å²) in [6.07, 6.45) is 0. The summed E-state index contributed by atoms with van der Waals surface area (Å²) in [5.41, 5.74) is 0. The maximum Gasteiger partial charge on any atom is 0.315 e. The van der Waals surface area contributed by atoms with Crippen molar-refractivity contribution >= 4 is 16.0 Å². The van der Waals surface area contributed by atoms with Crippen LogP contribution < -0.4 is 15.4 Å². The quantitative estimate of drug-likeness (QED) is 0.453. The van der Waals surface area contributed by atoms with Crippen LogP contribution in [-0.4, -0.2) is 57.7 Å².